The van der Waals surface area contributed by atoms with Gasteiger partial charge in [-0.1, -0.05) is 109 Å². The van der Waals surface area contributed by atoms with E-state index in [0.717, 1.165) is 43.4 Å². The molecular formula is C38H26O2. The van der Waals surface area contributed by atoms with Crippen molar-refractivity contribution in [2.75, 3.05) is 0 Å². The first kappa shape index (κ1) is 23.2. The second kappa shape index (κ2) is 8.37. The van der Waals surface area contributed by atoms with Crippen molar-refractivity contribution in [3.05, 3.63) is 179 Å². The van der Waals surface area contributed by atoms with Crippen molar-refractivity contribution in [3.8, 4) is 0 Å². The molecule has 0 heterocycles. The van der Waals surface area contributed by atoms with E-state index in [4.69, 9.17) is 0 Å². The molecule has 0 aromatic heterocycles. The van der Waals surface area contributed by atoms with Crippen LogP contribution in [0.2, 0.25) is 0 Å². The molecule has 0 spiro atoms. The van der Waals surface area contributed by atoms with E-state index in [9.17, 15) is 10.2 Å². The summed E-state index contributed by atoms with van der Waals surface area (Å²) in [6, 6.07) is 48.7. The average Bonchev–Trinajstić information content (AvgIpc) is 3.02. The minimum Gasteiger partial charge on any atom is -0.376 e. The third-order valence-corrected chi connectivity index (χ3v) is 8.67. The zero-order valence-corrected chi connectivity index (χ0v) is 21.8. The predicted molar refractivity (Wildman–Crippen MR) is 162 cm³/mol. The van der Waals surface area contributed by atoms with Gasteiger partial charge < -0.3 is 10.2 Å². The van der Waals surface area contributed by atoms with Gasteiger partial charge in [-0.15, -0.1) is 0 Å². The first-order valence-electron chi connectivity index (χ1n) is 13.6. The summed E-state index contributed by atoms with van der Waals surface area (Å²) in [5.41, 5.74) is 1.35. The summed E-state index contributed by atoms with van der Waals surface area (Å²) in [4.78, 5) is 0. The fraction of sp³-hybridized carbons (Fsp3) is 0.0526. The van der Waals surface area contributed by atoms with Crippen molar-refractivity contribution in [1.29, 1.82) is 0 Å². The molecule has 0 saturated heterocycles. The highest BCUT2D eigenvalue weighted by molar-refractivity contribution is 5.99. The van der Waals surface area contributed by atoms with E-state index in [-0.39, 0.29) is 0 Å². The molecule has 190 valence electrons. The molecule has 7 aromatic rings. The minimum atomic E-state index is -1.48. The molecule has 1 aliphatic rings. The normalized spacial score (nSPS) is 19.9. The number of hydrogen-bond acceptors (Lipinski definition) is 2. The molecule has 0 radical (unpaired) electrons. The SMILES string of the molecule is OC1(c2ccccc2)c2cc3ccccc3cc2C(O)(c2ccccc2)c2cc3cc4ccccc4cc3cc21. The van der Waals surface area contributed by atoms with E-state index in [1.54, 1.807) is 0 Å². The topological polar surface area (TPSA) is 40.5 Å². The largest absolute Gasteiger partial charge is 0.376 e. The first-order chi connectivity index (χ1) is 19.6. The van der Waals surface area contributed by atoms with Crippen molar-refractivity contribution in [1.82, 2.24) is 0 Å². The maximum absolute atomic E-state index is 13.0. The lowest BCUT2D eigenvalue weighted by Gasteiger charge is -2.45. The van der Waals surface area contributed by atoms with E-state index >= 15 is 0 Å². The van der Waals surface area contributed by atoms with E-state index in [1.807, 2.05) is 84.9 Å². The molecule has 40 heavy (non-hydrogen) atoms. The van der Waals surface area contributed by atoms with Gasteiger partial charge in [-0.05, 0) is 79.8 Å². The van der Waals surface area contributed by atoms with Gasteiger partial charge in [0.25, 0.3) is 0 Å². The van der Waals surface area contributed by atoms with Crippen molar-refractivity contribution >= 4 is 32.3 Å². The summed E-state index contributed by atoms with van der Waals surface area (Å²) < 4.78 is 0. The highest BCUT2D eigenvalue weighted by atomic mass is 16.3. The summed E-state index contributed by atoms with van der Waals surface area (Å²) >= 11 is 0. The van der Waals surface area contributed by atoms with Crippen molar-refractivity contribution in [2.24, 2.45) is 0 Å². The van der Waals surface area contributed by atoms with Crippen molar-refractivity contribution < 1.29 is 10.2 Å². The summed E-state index contributed by atoms with van der Waals surface area (Å²) in [6.07, 6.45) is 0. The van der Waals surface area contributed by atoms with Crippen molar-refractivity contribution in [2.45, 2.75) is 11.2 Å². The van der Waals surface area contributed by atoms with Crippen LogP contribution in [0, 0.1) is 0 Å². The smallest absolute Gasteiger partial charge is 0.141 e. The lowest BCUT2D eigenvalue weighted by atomic mass is 9.62. The molecule has 2 nitrogen and oxygen atoms in total. The summed E-state index contributed by atoms with van der Waals surface area (Å²) in [5.74, 6) is 0. The van der Waals surface area contributed by atoms with Crippen LogP contribution in [0.5, 0.6) is 0 Å². The van der Waals surface area contributed by atoms with Gasteiger partial charge in [0.05, 0.1) is 0 Å². The number of aliphatic hydroxyl groups is 2. The maximum Gasteiger partial charge on any atom is 0.141 e. The molecule has 2 heteroatoms. The van der Waals surface area contributed by atoms with Gasteiger partial charge in [0, 0.05) is 22.3 Å². The summed E-state index contributed by atoms with van der Waals surface area (Å²) in [7, 11) is 0. The van der Waals surface area contributed by atoms with Crippen LogP contribution in [0.1, 0.15) is 33.4 Å². The van der Waals surface area contributed by atoms with Gasteiger partial charge in [0.1, 0.15) is 11.2 Å². The van der Waals surface area contributed by atoms with Crippen LogP contribution < -0.4 is 0 Å². The van der Waals surface area contributed by atoms with Crippen LogP contribution in [0.4, 0.5) is 0 Å². The zero-order chi connectivity index (χ0) is 26.9. The zero-order valence-electron chi connectivity index (χ0n) is 21.8. The number of benzene rings is 7. The van der Waals surface area contributed by atoms with Gasteiger partial charge in [-0.25, -0.2) is 0 Å². The number of fused-ring (bicyclic) bond motifs is 5. The fourth-order valence-electron chi connectivity index (χ4n) is 6.70. The molecule has 8 rings (SSSR count). The molecule has 0 fully saturated rings. The minimum absolute atomic E-state index is 0.690. The van der Waals surface area contributed by atoms with E-state index in [2.05, 4.69) is 60.7 Å². The Morgan fingerprint density at radius 2 is 0.575 bits per heavy atom. The van der Waals surface area contributed by atoms with Gasteiger partial charge in [0.2, 0.25) is 0 Å². The van der Waals surface area contributed by atoms with Crippen LogP contribution >= 0.6 is 0 Å². The standard InChI is InChI=1S/C38H26O2/c39-37(31-15-3-1-4-16-31)33-21-27-13-9-10-14-28(27)22-34(33)38(40,32-17-5-2-6-18-32)36-24-30-20-26-12-8-7-11-25(26)19-29(30)23-35(36)37/h1-24,39-40H. The molecule has 7 aromatic carbocycles. The van der Waals surface area contributed by atoms with Gasteiger partial charge in [-0.2, -0.15) is 0 Å². The summed E-state index contributed by atoms with van der Waals surface area (Å²) in [5, 5.41) is 32.4. The van der Waals surface area contributed by atoms with E-state index in [1.165, 1.54) is 0 Å². The monoisotopic (exact) mass is 514 g/mol. The maximum atomic E-state index is 13.0. The quantitative estimate of drug-likeness (QED) is 0.229. The molecule has 0 saturated carbocycles. The number of rotatable bonds is 2. The van der Waals surface area contributed by atoms with Crippen LogP contribution in [0.3, 0.4) is 0 Å². The van der Waals surface area contributed by atoms with Crippen LogP contribution in [-0.2, 0) is 11.2 Å². The van der Waals surface area contributed by atoms with Crippen molar-refractivity contribution in [3.63, 3.8) is 0 Å². The lowest BCUT2D eigenvalue weighted by molar-refractivity contribution is 0.0753. The highest BCUT2D eigenvalue weighted by Crippen LogP contribution is 2.54. The van der Waals surface area contributed by atoms with Gasteiger partial charge in [-0.3, -0.25) is 0 Å². The third kappa shape index (κ3) is 3.12. The predicted octanol–water partition coefficient (Wildman–Crippen LogP) is 8.03. The fourth-order valence-corrected chi connectivity index (χ4v) is 6.70. The molecule has 0 aliphatic heterocycles. The number of hydrogen-bond donors (Lipinski definition) is 2. The Morgan fingerprint density at radius 1 is 0.300 bits per heavy atom. The molecule has 0 bridgehead atoms. The molecule has 1 aliphatic carbocycles. The molecular weight excluding hydrogens is 488 g/mol. The molecule has 2 unspecified atom stereocenters. The Bertz CT molecular complexity index is 1930. The summed E-state index contributed by atoms with van der Waals surface area (Å²) in [6.45, 7) is 0. The van der Waals surface area contributed by atoms with E-state index < -0.39 is 11.2 Å². The lowest BCUT2D eigenvalue weighted by Crippen LogP contribution is -2.44. The average molecular weight is 515 g/mol. The molecule has 2 N–H and O–H groups in total. The Hall–Kier alpha value is -4.76. The van der Waals surface area contributed by atoms with Crippen LogP contribution in [0.15, 0.2) is 146 Å². The van der Waals surface area contributed by atoms with Crippen LogP contribution in [0.25, 0.3) is 32.3 Å². The second-order valence-corrected chi connectivity index (χ2v) is 10.8. The molecule has 0 amide bonds. The molecule has 2 atom stereocenters. The Balaban J connectivity index is 1.57. The van der Waals surface area contributed by atoms with E-state index in [0.29, 0.717) is 22.3 Å². The Morgan fingerprint density at radius 3 is 0.925 bits per heavy atom. The first-order valence-corrected chi connectivity index (χ1v) is 13.6. The Kier molecular flexibility index (Phi) is 4.84. The second-order valence-electron chi connectivity index (χ2n) is 10.8. The van der Waals surface area contributed by atoms with Crippen LogP contribution in [-0.4, -0.2) is 10.2 Å². The van der Waals surface area contributed by atoms with Gasteiger partial charge >= 0.3 is 0 Å². The Labute approximate surface area is 232 Å². The third-order valence-electron chi connectivity index (χ3n) is 8.67. The highest BCUT2D eigenvalue weighted by Gasteiger charge is 2.51. The van der Waals surface area contributed by atoms with Gasteiger partial charge in [0.15, 0.2) is 0 Å².